The molecule has 2 aromatic rings. The van der Waals surface area contributed by atoms with Gasteiger partial charge in [-0.15, -0.1) is 0 Å². The fourth-order valence-electron chi connectivity index (χ4n) is 2.21. The van der Waals surface area contributed by atoms with Gasteiger partial charge in [-0.05, 0) is 0 Å². The molecule has 3 heterocycles. The van der Waals surface area contributed by atoms with Crippen LogP contribution in [-0.4, -0.2) is 64.4 Å². The summed E-state index contributed by atoms with van der Waals surface area (Å²) >= 11 is 0. The minimum Gasteiger partial charge on any atom is -0.394 e. The van der Waals surface area contributed by atoms with E-state index in [-0.39, 0.29) is 16.5 Å². The van der Waals surface area contributed by atoms with Crippen molar-refractivity contribution in [2.75, 3.05) is 6.61 Å². The maximum atomic E-state index is 11.5. The summed E-state index contributed by atoms with van der Waals surface area (Å²) in [6.07, 6.45) is -3.27. The molecular formula is C10H13N5O5S. The third-order valence-corrected chi connectivity index (χ3v) is 3.93. The first-order valence-electron chi connectivity index (χ1n) is 6.02. The number of nitrogens with zero attached hydrogens (tertiary/aromatic N) is 3. The Kier molecular flexibility index (Phi) is 3.69. The third-order valence-electron chi connectivity index (χ3n) is 3.26. The summed E-state index contributed by atoms with van der Waals surface area (Å²) in [5, 5.41) is 34.2. The van der Waals surface area contributed by atoms with Gasteiger partial charge < -0.3 is 25.0 Å². The van der Waals surface area contributed by atoms with Gasteiger partial charge in [-0.3, -0.25) is 0 Å². The summed E-state index contributed by atoms with van der Waals surface area (Å²) in [7, 11) is -1.89. The molecule has 114 valence electrons. The van der Waals surface area contributed by atoms with Crippen molar-refractivity contribution in [3.05, 3.63) is 12.2 Å². The highest BCUT2D eigenvalue weighted by atomic mass is 32.2. The first-order chi connectivity index (χ1) is 10.0. The van der Waals surface area contributed by atoms with Crippen molar-refractivity contribution < 1.29 is 24.3 Å². The Balaban J connectivity index is 2.07. The Bertz CT molecular complexity index is 694. The Morgan fingerprint density at radius 3 is 2.76 bits per heavy atom. The number of H-pyrrole nitrogens is 1. The maximum absolute atomic E-state index is 11.5. The fraction of sp³-hybridized carbons (Fsp3) is 0.500. The standard InChI is InChI=1S/C10H13N5O5S/c11-21(19)10-4-8(13-2-12-4)14-9(15-10)7-6(18)5(17)3(1-16)20-7/h2-3,5-7,16-18H,1,11H2,(H,12,13,14,15)/t3-,5-,6-,7-,21?/m0/s1. The number of imidazole rings is 1. The summed E-state index contributed by atoms with van der Waals surface area (Å²) in [6, 6.07) is 0. The van der Waals surface area contributed by atoms with Crippen LogP contribution < -0.4 is 5.14 Å². The summed E-state index contributed by atoms with van der Waals surface area (Å²) in [5.74, 6) is -0.00843. The largest absolute Gasteiger partial charge is 0.394 e. The Morgan fingerprint density at radius 1 is 1.38 bits per heavy atom. The van der Waals surface area contributed by atoms with E-state index in [2.05, 4.69) is 19.9 Å². The molecule has 0 amide bonds. The lowest BCUT2D eigenvalue weighted by Gasteiger charge is -2.13. The van der Waals surface area contributed by atoms with Crippen LogP contribution in [0.5, 0.6) is 0 Å². The van der Waals surface area contributed by atoms with Gasteiger partial charge in [0, 0.05) is 0 Å². The number of nitrogens with two attached hydrogens (primary N) is 1. The Hall–Kier alpha value is -1.50. The zero-order valence-electron chi connectivity index (χ0n) is 10.6. The van der Waals surface area contributed by atoms with Crippen molar-refractivity contribution in [2.24, 2.45) is 5.14 Å². The summed E-state index contributed by atoms with van der Waals surface area (Å²) in [5.41, 5.74) is 0.540. The molecule has 1 aliphatic heterocycles. The molecule has 21 heavy (non-hydrogen) atoms. The average Bonchev–Trinajstić information content (AvgIpc) is 3.03. The molecular weight excluding hydrogens is 302 g/mol. The van der Waals surface area contributed by atoms with E-state index in [9.17, 15) is 14.4 Å². The number of hydrogen-bond donors (Lipinski definition) is 5. The predicted octanol–water partition coefficient (Wildman–Crippen LogP) is -2.51. The van der Waals surface area contributed by atoms with E-state index >= 15 is 0 Å². The molecule has 0 aromatic carbocycles. The lowest BCUT2D eigenvalue weighted by molar-refractivity contribution is -0.0253. The molecule has 3 rings (SSSR count). The number of aromatic nitrogens is 4. The quantitative estimate of drug-likeness (QED) is 0.387. The van der Waals surface area contributed by atoms with E-state index in [1.54, 1.807) is 0 Å². The molecule has 1 saturated heterocycles. The van der Waals surface area contributed by atoms with Crippen LogP contribution in [0.3, 0.4) is 0 Å². The van der Waals surface area contributed by atoms with Crippen molar-refractivity contribution in [1.82, 2.24) is 19.9 Å². The molecule has 2 aromatic heterocycles. The SMILES string of the molecule is NS(=O)c1nc([C@H]2O[C@@H](CO)[C@H](O)[C@@H]2O)nc2nc[nH]c12. The zero-order chi connectivity index (χ0) is 15.1. The molecule has 0 aliphatic carbocycles. The zero-order valence-corrected chi connectivity index (χ0v) is 11.4. The van der Waals surface area contributed by atoms with Gasteiger partial charge in [-0.25, -0.2) is 24.3 Å². The van der Waals surface area contributed by atoms with Crippen LogP contribution in [0.4, 0.5) is 0 Å². The second kappa shape index (κ2) is 5.36. The minimum atomic E-state index is -1.89. The highest BCUT2D eigenvalue weighted by Crippen LogP contribution is 2.32. The highest BCUT2D eigenvalue weighted by Gasteiger charge is 2.44. The van der Waals surface area contributed by atoms with Gasteiger partial charge in [0.1, 0.15) is 40.9 Å². The van der Waals surface area contributed by atoms with Crippen molar-refractivity contribution in [2.45, 2.75) is 29.4 Å². The van der Waals surface area contributed by atoms with Crippen molar-refractivity contribution in [3.63, 3.8) is 0 Å². The normalized spacial score (nSPS) is 30.9. The maximum Gasteiger partial charge on any atom is 0.182 e. The number of fused-ring (bicyclic) bond motifs is 1. The van der Waals surface area contributed by atoms with Crippen molar-refractivity contribution >= 4 is 22.1 Å². The minimum absolute atomic E-state index is 0.00843. The lowest BCUT2D eigenvalue weighted by Crippen LogP contribution is -2.32. The van der Waals surface area contributed by atoms with Crippen molar-refractivity contribution in [3.8, 4) is 0 Å². The molecule has 0 spiro atoms. The van der Waals surface area contributed by atoms with Crippen molar-refractivity contribution in [1.29, 1.82) is 0 Å². The van der Waals surface area contributed by atoms with E-state index in [0.717, 1.165) is 0 Å². The number of ether oxygens (including phenoxy) is 1. The highest BCUT2D eigenvalue weighted by molar-refractivity contribution is 7.82. The fourth-order valence-corrected chi connectivity index (χ4v) is 2.74. The van der Waals surface area contributed by atoms with Gasteiger partial charge in [-0.1, -0.05) is 0 Å². The van der Waals surface area contributed by atoms with Crippen LogP contribution in [0.25, 0.3) is 11.2 Å². The number of hydrogen-bond acceptors (Lipinski definition) is 8. The van der Waals surface area contributed by atoms with Gasteiger partial charge in [0.25, 0.3) is 0 Å². The molecule has 0 saturated carbocycles. The Morgan fingerprint density at radius 2 is 2.14 bits per heavy atom. The number of rotatable bonds is 3. The lowest BCUT2D eigenvalue weighted by atomic mass is 10.1. The van der Waals surface area contributed by atoms with Gasteiger partial charge >= 0.3 is 0 Å². The van der Waals surface area contributed by atoms with Gasteiger partial charge in [-0.2, -0.15) is 0 Å². The van der Waals surface area contributed by atoms with Gasteiger partial charge in [0.15, 0.2) is 16.5 Å². The molecule has 0 bridgehead atoms. The van der Waals surface area contributed by atoms with E-state index in [1.807, 2.05) is 0 Å². The number of aliphatic hydroxyl groups excluding tert-OH is 3. The molecule has 1 unspecified atom stereocenters. The van der Waals surface area contributed by atoms with Crippen LogP contribution in [0.15, 0.2) is 11.4 Å². The van der Waals surface area contributed by atoms with Crippen LogP contribution >= 0.6 is 0 Å². The number of nitrogens with one attached hydrogen (secondary N) is 1. The Labute approximate surface area is 120 Å². The molecule has 10 nitrogen and oxygen atoms in total. The van der Waals surface area contributed by atoms with Crippen LogP contribution in [0.1, 0.15) is 11.9 Å². The number of aliphatic hydroxyl groups is 3. The summed E-state index contributed by atoms with van der Waals surface area (Å²) in [4.78, 5) is 14.8. The monoisotopic (exact) mass is 315 g/mol. The molecule has 6 N–H and O–H groups in total. The van der Waals surface area contributed by atoms with Crippen LogP contribution in [0.2, 0.25) is 0 Å². The third kappa shape index (κ3) is 2.33. The molecule has 1 fully saturated rings. The topological polar surface area (TPSA) is 167 Å². The summed E-state index contributed by atoms with van der Waals surface area (Å²) in [6.45, 7) is -0.463. The average molecular weight is 315 g/mol. The molecule has 0 radical (unpaired) electrons. The van der Waals surface area contributed by atoms with E-state index < -0.39 is 42.0 Å². The van der Waals surface area contributed by atoms with Gasteiger partial charge in [0.2, 0.25) is 0 Å². The van der Waals surface area contributed by atoms with E-state index in [4.69, 9.17) is 15.0 Å². The van der Waals surface area contributed by atoms with Crippen LogP contribution in [0, 0.1) is 0 Å². The summed E-state index contributed by atoms with van der Waals surface area (Å²) < 4.78 is 16.9. The molecule has 11 heteroatoms. The smallest absolute Gasteiger partial charge is 0.182 e. The predicted molar refractivity (Wildman–Crippen MR) is 69.0 cm³/mol. The molecule has 5 atom stereocenters. The first kappa shape index (κ1) is 14.4. The van der Waals surface area contributed by atoms with Crippen LogP contribution in [-0.2, 0) is 15.7 Å². The molecule has 1 aliphatic rings. The number of aromatic amines is 1. The van der Waals surface area contributed by atoms with E-state index in [0.29, 0.717) is 5.52 Å². The second-order valence-electron chi connectivity index (χ2n) is 4.54. The second-order valence-corrected chi connectivity index (χ2v) is 5.53. The van der Waals surface area contributed by atoms with E-state index in [1.165, 1.54) is 6.33 Å². The first-order valence-corrected chi connectivity index (χ1v) is 7.24. The van der Waals surface area contributed by atoms with Gasteiger partial charge in [0.05, 0.1) is 12.9 Å².